The van der Waals surface area contributed by atoms with Crippen LogP contribution in [-0.2, 0) is 0 Å². The van der Waals surface area contributed by atoms with Crippen LogP contribution in [0.1, 0.15) is 16.7 Å². The van der Waals surface area contributed by atoms with Gasteiger partial charge in [-0.1, -0.05) is 24.3 Å². The van der Waals surface area contributed by atoms with Crippen molar-refractivity contribution < 1.29 is 4.74 Å². The fourth-order valence-electron chi connectivity index (χ4n) is 2.37. The quantitative estimate of drug-likeness (QED) is 0.700. The van der Waals surface area contributed by atoms with Crippen molar-refractivity contribution in [2.24, 2.45) is 0 Å². The molecule has 0 unspecified atom stereocenters. The van der Waals surface area contributed by atoms with Crippen LogP contribution >= 0.6 is 0 Å². The third-order valence-electron chi connectivity index (χ3n) is 3.64. The molecule has 3 heteroatoms. The minimum atomic E-state index is 0.625. The summed E-state index contributed by atoms with van der Waals surface area (Å²) in [7, 11) is 0. The van der Waals surface area contributed by atoms with Crippen molar-refractivity contribution in [3.8, 4) is 11.6 Å². The smallest absolute Gasteiger partial charge is 0.222 e. The van der Waals surface area contributed by atoms with E-state index < -0.39 is 0 Å². The van der Waals surface area contributed by atoms with Gasteiger partial charge in [0.15, 0.2) is 0 Å². The zero-order valence-electron chi connectivity index (χ0n) is 12.5. The average molecular weight is 278 g/mol. The number of anilines is 1. The number of ether oxygens (including phenoxy) is 1. The van der Waals surface area contributed by atoms with Crippen LogP contribution < -0.4 is 10.5 Å². The van der Waals surface area contributed by atoms with Crippen LogP contribution in [-0.4, -0.2) is 4.98 Å². The lowest BCUT2D eigenvalue weighted by Gasteiger charge is -2.13. The lowest BCUT2D eigenvalue weighted by atomic mass is 10.1. The van der Waals surface area contributed by atoms with Gasteiger partial charge in [0, 0.05) is 22.7 Å². The topological polar surface area (TPSA) is 48.1 Å². The van der Waals surface area contributed by atoms with Crippen molar-refractivity contribution in [2.45, 2.75) is 20.8 Å². The molecule has 0 spiro atoms. The van der Waals surface area contributed by atoms with Gasteiger partial charge in [0.25, 0.3) is 0 Å². The largest absolute Gasteiger partial charge is 0.438 e. The highest BCUT2D eigenvalue weighted by atomic mass is 16.5. The normalized spacial score (nSPS) is 10.8. The highest BCUT2D eigenvalue weighted by Gasteiger charge is 2.09. The Labute approximate surface area is 124 Å². The molecular formula is C18H18N2O. The SMILES string of the molecule is Cc1cc(C)c(Oc2nc3ccccc3cc2C)cc1N. The van der Waals surface area contributed by atoms with Gasteiger partial charge in [0.2, 0.25) is 5.88 Å². The van der Waals surface area contributed by atoms with Crippen LogP contribution in [0.5, 0.6) is 11.6 Å². The molecule has 21 heavy (non-hydrogen) atoms. The molecule has 3 aromatic rings. The molecule has 3 rings (SSSR count). The van der Waals surface area contributed by atoms with Gasteiger partial charge in [-0.05, 0) is 44.0 Å². The van der Waals surface area contributed by atoms with E-state index in [9.17, 15) is 0 Å². The second kappa shape index (κ2) is 5.09. The summed E-state index contributed by atoms with van der Waals surface area (Å²) >= 11 is 0. The summed E-state index contributed by atoms with van der Waals surface area (Å²) in [5.41, 5.74) is 10.7. The van der Waals surface area contributed by atoms with Gasteiger partial charge >= 0.3 is 0 Å². The van der Waals surface area contributed by atoms with E-state index in [1.165, 1.54) is 0 Å². The van der Waals surface area contributed by atoms with Crippen molar-refractivity contribution >= 4 is 16.6 Å². The summed E-state index contributed by atoms with van der Waals surface area (Å²) < 4.78 is 5.99. The maximum Gasteiger partial charge on any atom is 0.222 e. The van der Waals surface area contributed by atoms with E-state index in [1.54, 1.807) is 0 Å². The second-order valence-corrected chi connectivity index (χ2v) is 5.38. The van der Waals surface area contributed by atoms with Crippen LogP contribution in [0.4, 0.5) is 5.69 Å². The first-order valence-corrected chi connectivity index (χ1v) is 6.95. The Bertz CT molecular complexity index is 825. The number of aromatic nitrogens is 1. The average Bonchev–Trinajstić information content (AvgIpc) is 2.45. The van der Waals surface area contributed by atoms with Gasteiger partial charge in [-0.15, -0.1) is 0 Å². The van der Waals surface area contributed by atoms with Crippen molar-refractivity contribution in [3.63, 3.8) is 0 Å². The number of para-hydroxylation sites is 1. The molecule has 1 aromatic heterocycles. The maximum atomic E-state index is 5.99. The van der Waals surface area contributed by atoms with Gasteiger partial charge in [0.05, 0.1) is 5.52 Å². The zero-order chi connectivity index (χ0) is 15.0. The number of hydrogen-bond donors (Lipinski definition) is 1. The number of pyridine rings is 1. The lowest BCUT2D eigenvalue weighted by Crippen LogP contribution is -1.97. The number of rotatable bonds is 2. The monoisotopic (exact) mass is 278 g/mol. The van der Waals surface area contributed by atoms with Crippen molar-refractivity contribution in [1.82, 2.24) is 4.98 Å². The maximum absolute atomic E-state index is 5.99. The van der Waals surface area contributed by atoms with Gasteiger partial charge in [-0.2, -0.15) is 0 Å². The van der Waals surface area contributed by atoms with E-state index in [1.807, 2.05) is 57.2 Å². The second-order valence-electron chi connectivity index (χ2n) is 5.38. The van der Waals surface area contributed by atoms with Gasteiger partial charge in [0.1, 0.15) is 5.75 Å². The number of benzene rings is 2. The fourth-order valence-corrected chi connectivity index (χ4v) is 2.37. The summed E-state index contributed by atoms with van der Waals surface area (Å²) in [6, 6.07) is 14.0. The summed E-state index contributed by atoms with van der Waals surface area (Å²) in [6.07, 6.45) is 0. The van der Waals surface area contributed by atoms with Crippen molar-refractivity contribution in [1.29, 1.82) is 0 Å². The molecule has 0 aliphatic heterocycles. The molecule has 0 amide bonds. The molecule has 106 valence electrons. The number of nitrogens with zero attached hydrogens (tertiary/aromatic N) is 1. The molecule has 2 N–H and O–H groups in total. The number of fused-ring (bicyclic) bond motifs is 1. The van der Waals surface area contributed by atoms with E-state index >= 15 is 0 Å². The number of nitrogen functional groups attached to an aromatic ring is 1. The summed E-state index contributed by atoms with van der Waals surface area (Å²) in [6.45, 7) is 6.01. The molecule has 0 fully saturated rings. The standard InChI is InChI=1S/C18H18N2O/c1-11-8-12(2)17(10-15(11)19)21-18-13(3)9-14-6-4-5-7-16(14)20-18/h4-10H,19H2,1-3H3. The summed E-state index contributed by atoms with van der Waals surface area (Å²) in [5.74, 6) is 1.38. The molecule has 0 radical (unpaired) electrons. The third-order valence-corrected chi connectivity index (χ3v) is 3.64. The summed E-state index contributed by atoms with van der Waals surface area (Å²) in [5, 5.41) is 1.11. The first kappa shape index (κ1) is 13.4. The number of hydrogen-bond acceptors (Lipinski definition) is 3. The first-order chi connectivity index (χ1) is 10.0. The molecule has 3 nitrogen and oxygen atoms in total. The third kappa shape index (κ3) is 2.55. The van der Waals surface area contributed by atoms with E-state index in [0.29, 0.717) is 5.88 Å². The molecule has 0 saturated carbocycles. The minimum absolute atomic E-state index is 0.625. The predicted octanol–water partition coefficient (Wildman–Crippen LogP) is 4.53. The molecule has 0 saturated heterocycles. The van der Waals surface area contributed by atoms with Crippen LogP contribution in [0.25, 0.3) is 10.9 Å². The zero-order valence-corrected chi connectivity index (χ0v) is 12.5. The van der Waals surface area contributed by atoms with E-state index in [0.717, 1.165) is 39.0 Å². The van der Waals surface area contributed by atoms with Crippen LogP contribution in [0, 0.1) is 20.8 Å². The van der Waals surface area contributed by atoms with Crippen molar-refractivity contribution in [3.05, 3.63) is 59.2 Å². The first-order valence-electron chi connectivity index (χ1n) is 6.95. The summed E-state index contributed by atoms with van der Waals surface area (Å²) in [4.78, 5) is 4.60. The predicted molar refractivity (Wildman–Crippen MR) is 86.9 cm³/mol. The van der Waals surface area contributed by atoms with Crippen LogP contribution in [0.15, 0.2) is 42.5 Å². The van der Waals surface area contributed by atoms with Crippen LogP contribution in [0.3, 0.4) is 0 Å². The number of nitrogens with two attached hydrogens (primary N) is 1. The van der Waals surface area contributed by atoms with Crippen molar-refractivity contribution in [2.75, 3.05) is 5.73 Å². The molecule has 0 aliphatic carbocycles. The molecule has 0 atom stereocenters. The molecule has 1 heterocycles. The molecule has 2 aromatic carbocycles. The van der Waals surface area contributed by atoms with Crippen LogP contribution in [0.2, 0.25) is 0 Å². The highest BCUT2D eigenvalue weighted by molar-refractivity contribution is 5.80. The van der Waals surface area contributed by atoms with Gasteiger partial charge in [-0.25, -0.2) is 4.98 Å². The Morgan fingerprint density at radius 3 is 2.48 bits per heavy atom. The Balaban J connectivity index is 2.05. The van der Waals surface area contributed by atoms with Gasteiger partial charge in [-0.3, -0.25) is 0 Å². The molecule has 0 bridgehead atoms. The minimum Gasteiger partial charge on any atom is -0.438 e. The lowest BCUT2D eigenvalue weighted by molar-refractivity contribution is 0.458. The number of aryl methyl sites for hydroxylation is 3. The molecule has 0 aliphatic rings. The highest BCUT2D eigenvalue weighted by Crippen LogP contribution is 2.31. The molecular weight excluding hydrogens is 260 g/mol. The van der Waals surface area contributed by atoms with E-state index in [2.05, 4.69) is 11.1 Å². The Morgan fingerprint density at radius 2 is 1.67 bits per heavy atom. The Morgan fingerprint density at radius 1 is 0.905 bits per heavy atom. The fraction of sp³-hybridized carbons (Fsp3) is 0.167. The van der Waals surface area contributed by atoms with Gasteiger partial charge < -0.3 is 10.5 Å². The Kier molecular flexibility index (Phi) is 3.26. The van der Waals surface area contributed by atoms with E-state index in [4.69, 9.17) is 10.5 Å². The Hall–Kier alpha value is -2.55. The van der Waals surface area contributed by atoms with E-state index in [-0.39, 0.29) is 0 Å².